The third-order valence-electron chi connectivity index (χ3n) is 3.59. The van der Waals surface area contributed by atoms with Crippen LogP contribution in [0.5, 0.6) is 0 Å². The van der Waals surface area contributed by atoms with Gasteiger partial charge in [-0.1, -0.05) is 20.8 Å². The predicted octanol–water partition coefficient (Wildman–Crippen LogP) is 4.39. The highest BCUT2D eigenvalue weighted by Crippen LogP contribution is 2.30. The molecule has 0 radical (unpaired) electrons. The summed E-state index contributed by atoms with van der Waals surface area (Å²) in [4.78, 5) is 20.0. The summed E-state index contributed by atoms with van der Waals surface area (Å²) in [6, 6.07) is 8.06. The van der Waals surface area contributed by atoms with Crippen molar-refractivity contribution in [1.29, 1.82) is 0 Å². The standard InChI is InChI=1S/C18H20N2O3S/c1-18(2,3)17-19-9-15(23-17)14-8-11-7-12(5-6-13(11)20-14)24-10-16(21)22-4/h5-9,20H,10H2,1-4H3. The molecule has 0 unspecified atom stereocenters. The SMILES string of the molecule is COC(=O)CSc1ccc2[nH]c(-c3cnc(C(C)(C)C)o3)cc2c1. The molecule has 1 N–H and O–H groups in total. The first kappa shape index (κ1) is 16.6. The highest BCUT2D eigenvalue weighted by atomic mass is 32.2. The van der Waals surface area contributed by atoms with Crippen molar-refractivity contribution in [2.75, 3.05) is 12.9 Å². The number of carbonyl (C=O) groups excluding carboxylic acids is 1. The molecule has 0 bridgehead atoms. The Bertz CT molecular complexity index is 874. The van der Waals surface area contributed by atoms with E-state index in [0.717, 1.165) is 27.3 Å². The number of fused-ring (bicyclic) bond motifs is 1. The van der Waals surface area contributed by atoms with E-state index in [2.05, 4.69) is 35.5 Å². The van der Waals surface area contributed by atoms with Crippen molar-refractivity contribution in [2.45, 2.75) is 31.1 Å². The zero-order chi connectivity index (χ0) is 17.3. The zero-order valence-electron chi connectivity index (χ0n) is 14.2. The maximum absolute atomic E-state index is 11.3. The van der Waals surface area contributed by atoms with E-state index in [1.54, 1.807) is 6.20 Å². The van der Waals surface area contributed by atoms with Gasteiger partial charge in [0, 0.05) is 21.2 Å². The Labute approximate surface area is 144 Å². The minimum absolute atomic E-state index is 0.123. The lowest BCUT2D eigenvalue weighted by Crippen LogP contribution is -2.10. The second-order valence-electron chi connectivity index (χ2n) is 6.58. The molecule has 1 aromatic carbocycles. The smallest absolute Gasteiger partial charge is 0.315 e. The quantitative estimate of drug-likeness (QED) is 0.562. The van der Waals surface area contributed by atoms with Crippen LogP contribution < -0.4 is 0 Å². The monoisotopic (exact) mass is 344 g/mol. The maximum Gasteiger partial charge on any atom is 0.315 e. The Kier molecular flexibility index (Phi) is 4.41. The van der Waals surface area contributed by atoms with Gasteiger partial charge in [0.25, 0.3) is 0 Å². The number of carbonyl (C=O) groups is 1. The fourth-order valence-electron chi connectivity index (χ4n) is 2.28. The fourth-order valence-corrected chi connectivity index (χ4v) is 3.06. The highest BCUT2D eigenvalue weighted by molar-refractivity contribution is 8.00. The Morgan fingerprint density at radius 2 is 2.12 bits per heavy atom. The summed E-state index contributed by atoms with van der Waals surface area (Å²) in [6.45, 7) is 6.20. The van der Waals surface area contributed by atoms with Crippen LogP contribution in [-0.4, -0.2) is 28.8 Å². The summed E-state index contributed by atoms with van der Waals surface area (Å²) in [7, 11) is 1.40. The Morgan fingerprint density at radius 3 is 2.79 bits per heavy atom. The molecule has 0 saturated carbocycles. The summed E-state index contributed by atoms with van der Waals surface area (Å²) in [5, 5.41) is 1.06. The molecule has 126 valence electrons. The summed E-state index contributed by atoms with van der Waals surface area (Å²) >= 11 is 1.46. The molecule has 24 heavy (non-hydrogen) atoms. The zero-order valence-corrected chi connectivity index (χ0v) is 15.0. The van der Waals surface area contributed by atoms with Gasteiger partial charge < -0.3 is 14.1 Å². The molecule has 0 aliphatic rings. The molecule has 0 aliphatic carbocycles. The van der Waals surface area contributed by atoms with Gasteiger partial charge in [-0.3, -0.25) is 4.79 Å². The minimum atomic E-state index is -0.230. The van der Waals surface area contributed by atoms with E-state index in [-0.39, 0.29) is 11.4 Å². The third kappa shape index (κ3) is 3.48. The molecule has 0 aliphatic heterocycles. The van der Waals surface area contributed by atoms with Gasteiger partial charge in [-0.25, -0.2) is 4.98 Å². The second-order valence-corrected chi connectivity index (χ2v) is 7.63. The first-order chi connectivity index (χ1) is 11.4. The van der Waals surface area contributed by atoms with E-state index in [9.17, 15) is 4.79 Å². The number of esters is 1. The van der Waals surface area contributed by atoms with Crippen LogP contribution >= 0.6 is 11.8 Å². The van der Waals surface area contributed by atoms with Crippen molar-refractivity contribution >= 4 is 28.6 Å². The Balaban J connectivity index is 1.86. The largest absolute Gasteiger partial charge is 0.468 e. The molecule has 3 aromatic rings. The summed E-state index contributed by atoms with van der Waals surface area (Å²) < 4.78 is 10.5. The van der Waals surface area contributed by atoms with Crippen molar-refractivity contribution in [1.82, 2.24) is 9.97 Å². The summed E-state index contributed by atoms with van der Waals surface area (Å²) in [5.41, 5.74) is 1.78. The third-order valence-corrected chi connectivity index (χ3v) is 4.56. The van der Waals surface area contributed by atoms with Crippen LogP contribution in [0.1, 0.15) is 26.7 Å². The number of thioether (sulfide) groups is 1. The number of oxazole rings is 1. The van der Waals surface area contributed by atoms with Crippen LogP contribution in [0.2, 0.25) is 0 Å². The van der Waals surface area contributed by atoms with E-state index in [0.29, 0.717) is 11.6 Å². The van der Waals surface area contributed by atoms with Crippen LogP contribution in [-0.2, 0) is 14.9 Å². The van der Waals surface area contributed by atoms with Crippen molar-refractivity contribution in [2.24, 2.45) is 0 Å². The topological polar surface area (TPSA) is 68.1 Å². The Hall–Kier alpha value is -2.21. The van der Waals surface area contributed by atoms with Gasteiger partial charge in [-0.05, 0) is 24.3 Å². The van der Waals surface area contributed by atoms with Crippen LogP contribution in [0.4, 0.5) is 0 Å². The number of methoxy groups -OCH3 is 1. The minimum Gasteiger partial charge on any atom is -0.468 e. The van der Waals surface area contributed by atoms with Crippen molar-refractivity contribution in [3.63, 3.8) is 0 Å². The van der Waals surface area contributed by atoms with Gasteiger partial charge in [0.2, 0.25) is 0 Å². The van der Waals surface area contributed by atoms with Gasteiger partial charge in [-0.2, -0.15) is 0 Å². The molecule has 0 atom stereocenters. The average molecular weight is 344 g/mol. The van der Waals surface area contributed by atoms with Crippen molar-refractivity contribution in [3.05, 3.63) is 36.4 Å². The first-order valence-electron chi connectivity index (χ1n) is 7.66. The summed E-state index contributed by atoms with van der Waals surface area (Å²) in [5.74, 6) is 1.51. The molecule has 2 heterocycles. The molecular formula is C18H20N2O3S. The van der Waals surface area contributed by atoms with E-state index in [4.69, 9.17) is 4.42 Å². The van der Waals surface area contributed by atoms with Crippen LogP contribution in [0.15, 0.2) is 39.8 Å². The molecule has 6 heteroatoms. The lowest BCUT2D eigenvalue weighted by atomic mass is 9.97. The van der Waals surface area contributed by atoms with Crippen molar-refractivity contribution in [3.8, 4) is 11.5 Å². The maximum atomic E-state index is 11.3. The number of hydrogen-bond donors (Lipinski definition) is 1. The van der Waals surface area contributed by atoms with E-state index in [1.165, 1.54) is 18.9 Å². The average Bonchev–Trinajstić information content (AvgIpc) is 3.17. The molecule has 0 saturated heterocycles. The van der Waals surface area contributed by atoms with Gasteiger partial charge in [-0.15, -0.1) is 11.8 Å². The lowest BCUT2D eigenvalue weighted by molar-refractivity contribution is -0.137. The van der Waals surface area contributed by atoms with Gasteiger partial charge in [0.05, 0.1) is 24.8 Å². The molecular weight excluding hydrogens is 324 g/mol. The summed E-state index contributed by atoms with van der Waals surface area (Å²) in [6.07, 6.45) is 1.75. The number of nitrogens with zero attached hydrogens (tertiary/aromatic N) is 1. The Morgan fingerprint density at radius 1 is 1.33 bits per heavy atom. The number of aromatic amines is 1. The number of benzene rings is 1. The lowest BCUT2D eigenvalue weighted by Gasteiger charge is -2.11. The molecule has 0 amide bonds. The molecule has 5 nitrogen and oxygen atoms in total. The number of nitrogens with one attached hydrogen (secondary N) is 1. The highest BCUT2D eigenvalue weighted by Gasteiger charge is 2.21. The molecule has 2 aromatic heterocycles. The van der Waals surface area contributed by atoms with E-state index >= 15 is 0 Å². The molecule has 0 fully saturated rings. The number of rotatable bonds is 4. The number of H-pyrrole nitrogens is 1. The molecule has 3 rings (SSSR count). The number of aromatic nitrogens is 2. The fraction of sp³-hybridized carbons (Fsp3) is 0.333. The predicted molar refractivity (Wildman–Crippen MR) is 95.2 cm³/mol. The van der Waals surface area contributed by atoms with E-state index in [1.807, 2.05) is 24.3 Å². The first-order valence-corrected chi connectivity index (χ1v) is 8.64. The normalized spacial score (nSPS) is 11.8. The van der Waals surface area contributed by atoms with Gasteiger partial charge >= 0.3 is 5.97 Å². The van der Waals surface area contributed by atoms with Crippen LogP contribution in [0.25, 0.3) is 22.4 Å². The van der Waals surface area contributed by atoms with Gasteiger partial charge in [0.15, 0.2) is 11.7 Å². The second kappa shape index (κ2) is 6.36. The van der Waals surface area contributed by atoms with E-state index < -0.39 is 0 Å². The molecule has 0 spiro atoms. The van der Waals surface area contributed by atoms with Crippen LogP contribution in [0.3, 0.4) is 0 Å². The van der Waals surface area contributed by atoms with Gasteiger partial charge in [0.1, 0.15) is 0 Å². The van der Waals surface area contributed by atoms with Crippen molar-refractivity contribution < 1.29 is 13.9 Å². The number of ether oxygens (including phenoxy) is 1. The number of hydrogen-bond acceptors (Lipinski definition) is 5. The van der Waals surface area contributed by atoms with Crippen LogP contribution in [0, 0.1) is 0 Å².